The van der Waals surface area contributed by atoms with Gasteiger partial charge in [-0.3, -0.25) is 9.69 Å². The van der Waals surface area contributed by atoms with E-state index in [-0.39, 0.29) is 22.3 Å². The zero-order valence-corrected chi connectivity index (χ0v) is 31.0. The molecule has 52 heavy (non-hydrogen) atoms. The minimum absolute atomic E-state index is 0.0248. The number of nitrogens with one attached hydrogen (secondary N) is 1. The number of hydrogen-bond acceptors (Lipinski definition) is 9. The van der Waals surface area contributed by atoms with Gasteiger partial charge >= 0.3 is 0 Å². The van der Waals surface area contributed by atoms with Crippen molar-refractivity contribution in [1.82, 2.24) is 33.7 Å². The van der Waals surface area contributed by atoms with Gasteiger partial charge in [-0.15, -0.1) is 11.3 Å². The van der Waals surface area contributed by atoms with Gasteiger partial charge in [0.05, 0.1) is 40.4 Å². The summed E-state index contributed by atoms with van der Waals surface area (Å²) < 4.78 is 52.3. The van der Waals surface area contributed by atoms with E-state index in [1.54, 1.807) is 42.7 Å². The predicted octanol–water partition coefficient (Wildman–Crippen LogP) is 6.94. The van der Waals surface area contributed by atoms with Crippen LogP contribution in [0.2, 0.25) is 5.02 Å². The molecule has 7 rings (SSSR count). The van der Waals surface area contributed by atoms with Crippen molar-refractivity contribution in [2.24, 2.45) is 0 Å². The summed E-state index contributed by atoms with van der Waals surface area (Å²) in [5.74, 6) is 0.432. The Morgan fingerprint density at radius 1 is 1.06 bits per heavy atom. The van der Waals surface area contributed by atoms with E-state index in [4.69, 9.17) is 26.3 Å². The smallest absolute Gasteiger partial charge is 0.275 e. The van der Waals surface area contributed by atoms with Gasteiger partial charge in [-0.2, -0.15) is 0 Å². The van der Waals surface area contributed by atoms with Gasteiger partial charge in [0, 0.05) is 41.0 Å². The van der Waals surface area contributed by atoms with Crippen LogP contribution in [-0.4, -0.2) is 56.4 Å². The highest BCUT2D eigenvalue weighted by Crippen LogP contribution is 2.32. The fourth-order valence-electron chi connectivity index (χ4n) is 6.36. The number of nitrogens with zero attached hydrogens (tertiary/aromatic N) is 6. The van der Waals surface area contributed by atoms with Gasteiger partial charge in [0.15, 0.2) is 0 Å². The Balaban J connectivity index is 1.05. The topological polar surface area (TPSA) is 124 Å². The molecule has 1 fully saturated rings. The standard InChI is InChI=1S/C37H37ClFN7O4S2/c1-3-45-23-40-19-28(45)20-46-32-18-33(36(47)43-52(48,49)29-11-7-24(2)8-12-29)51-37(32)42-34(46)21-44-15-13-25(14-16-44)31-5-4-6-35(41-31)50-22-26-9-10-27(38)17-30(26)39/h4-12,17-19,23,25H,3,13-16,20-22H2,1-2H3,(H,43,47). The summed E-state index contributed by atoms with van der Waals surface area (Å²) in [6.45, 7) is 7.46. The van der Waals surface area contributed by atoms with Crippen molar-refractivity contribution in [2.75, 3.05) is 13.1 Å². The van der Waals surface area contributed by atoms with Crippen molar-refractivity contribution in [3.63, 3.8) is 0 Å². The summed E-state index contributed by atoms with van der Waals surface area (Å²) in [5.41, 5.74) is 4.02. The number of piperidine rings is 1. The molecule has 0 spiro atoms. The molecule has 2 aromatic carbocycles. The van der Waals surface area contributed by atoms with Gasteiger partial charge in [0.2, 0.25) is 5.88 Å². The summed E-state index contributed by atoms with van der Waals surface area (Å²) >= 11 is 7.05. The minimum atomic E-state index is -4.04. The second-order valence-electron chi connectivity index (χ2n) is 12.8. The number of hydrogen-bond donors (Lipinski definition) is 1. The lowest BCUT2D eigenvalue weighted by atomic mass is 9.93. The van der Waals surface area contributed by atoms with Crippen LogP contribution < -0.4 is 9.46 Å². The van der Waals surface area contributed by atoms with Gasteiger partial charge in [0.25, 0.3) is 15.9 Å². The number of halogens is 2. The fourth-order valence-corrected chi connectivity index (χ4v) is 8.50. The summed E-state index contributed by atoms with van der Waals surface area (Å²) in [6, 6.07) is 18.3. The Labute approximate surface area is 310 Å². The molecule has 0 saturated carbocycles. The van der Waals surface area contributed by atoms with Gasteiger partial charge in [0.1, 0.15) is 23.1 Å². The van der Waals surface area contributed by atoms with Crippen molar-refractivity contribution in [2.45, 2.75) is 63.7 Å². The molecule has 0 aliphatic carbocycles. The third-order valence-corrected chi connectivity index (χ3v) is 11.9. The monoisotopic (exact) mass is 761 g/mol. The van der Waals surface area contributed by atoms with Crippen molar-refractivity contribution in [3.05, 3.63) is 123 Å². The lowest BCUT2D eigenvalue weighted by molar-refractivity contribution is 0.0985. The minimum Gasteiger partial charge on any atom is -0.473 e. The maximum absolute atomic E-state index is 14.2. The van der Waals surface area contributed by atoms with Crippen LogP contribution in [0.1, 0.15) is 63.7 Å². The Kier molecular flexibility index (Phi) is 10.4. The first-order valence-electron chi connectivity index (χ1n) is 16.9. The first-order valence-corrected chi connectivity index (χ1v) is 19.6. The third-order valence-electron chi connectivity index (χ3n) is 9.27. The number of fused-ring (bicyclic) bond motifs is 1. The number of sulfonamides is 1. The van der Waals surface area contributed by atoms with Crippen LogP contribution in [0.15, 0.2) is 84.1 Å². The zero-order chi connectivity index (χ0) is 36.4. The van der Waals surface area contributed by atoms with E-state index >= 15 is 0 Å². The maximum Gasteiger partial charge on any atom is 0.275 e. The average Bonchev–Trinajstić information content (AvgIpc) is 3.84. The van der Waals surface area contributed by atoms with Gasteiger partial charge in [-0.25, -0.2) is 32.5 Å². The molecule has 0 bridgehead atoms. The van der Waals surface area contributed by atoms with Crippen molar-refractivity contribution in [3.8, 4) is 5.88 Å². The molecule has 1 N–H and O–H groups in total. The largest absolute Gasteiger partial charge is 0.473 e. The molecule has 11 nitrogen and oxygen atoms in total. The molecule has 1 amide bonds. The molecule has 1 saturated heterocycles. The number of thiophene rings is 1. The van der Waals surface area contributed by atoms with Crippen molar-refractivity contribution < 1.29 is 22.3 Å². The van der Waals surface area contributed by atoms with Crippen LogP contribution in [0.5, 0.6) is 5.88 Å². The molecule has 4 aromatic heterocycles. The Bertz CT molecular complexity index is 2330. The molecule has 6 aromatic rings. The number of ether oxygens (including phenoxy) is 1. The van der Waals surface area contributed by atoms with Crippen molar-refractivity contribution >= 4 is 49.2 Å². The Morgan fingerprint density at radius 3 is 2.60 bits per heavy atom. The molecular weight excluding hydrogens is 725 g/mol. The lowest BCUT2D eigenvalue weighted by Gasteiger charge is -2.31. The lowest BCUT2D eigenvalue weighted by Crippen LogP contribution is -2.33. The molecule has 270 valence electrons. The van der Waals surface area contributed by atoms with Crippen LogP contribution in [0.4, 0.5) is 4.39 Å². The Hall–Kier alpha value is -4.63. The first-order chi connectivity index (χ1) is 25.1. The molecule has 5 heterocycles. The second-order valence-corrected chi connectivity index (χ2v) is 16.0. The van der Waals surface area contributed by atoms with Gasteiger partial charge in [-0.05, 0) is 76.2 Å². The number of carbonyl (C=O) groups excluding carboxylic acids is 1. The van der Waals surface area contributed by atoms with Crippen LogP contribution in [0, 0.1) is 12.7 Å². The van der Waals surface area contributed by atoms with Crippen LogP contribution in [-0.2, 0) is 36.3 Å². The van der Waals surface area contributed by atoms with E-state index in [2.05, 4.69) is 30.7 Å². The highest BCUT2D eigenvalue weighted by atomic mass is 35.5. The van der Waals surface area contributed by atoms with E-state index in [1.807, 2.05) is 25.3 Å². The van der Waals surface area contributed by atoms with E-state index in [0.29, 0.717) is 34.4 Å². The summed E-state index contributed by atoms with van der Waals surface area (Å²) in [5, 5.41) is 0.336. The molecule has 1 aliphatic rings. The number of aromatic nitrogens is 5. The molecule has 0 atom stereocenters. The number of aryl methyl sites for hydroxylation is 2. The van der Waals surface area contributed by atoms with Crippen LogP contribution >= 0.6 is 22.9 Å². The van der Waals surface area contributed by atoms with E-state index < -0.39 is 21.7 Å². The summed E-state index contributed by atoms with van der Waals surface area (Å²) in [6.07, 6.45) is 5.40. The fraction of sp³-hybridized carbons (Fsp3) is 0.297. The number of amides is 1. The highest BCUT2D eigenvalue weighted by Gasteiger charge is 2.26. The summed E-state index contributed by atoms with van der Waals surface area (Å²) in [7, 11) is -4.04. The molecule has 0 radical (unpaired) electrons. The highest BCUT2D eigenvalue weighted by molar-refractivity contribution is 7.90. The number of rotatable bonds is 12. The Morgan fingerprint density at radius 2 is 1.85 bits per heavy atom. The number of imidazole rings is 2. The number of carbonyl (C=O) groups is 1. The molecular formula is C37H37ClFN7O4S2. The predicted molar refractivity (Wildman–Crippen MR) is 198 cm³/mol. The normalized spacial score (nSPS) is 14.2. The van der Waals surface area contributed by atoms with Crippen LogP contribution in [0.25, 0.3) is 10.3 Å². The third kappa shape index (κ3) is 7.89. The number of benzene rings is 2. The van der Waals surface area contributed by atoms with E-state index in [0.717, 1.165) is 60.8 Å². The van der Waals surface area contributed by atoms with E-state index in [1.165, 1.54) is 29.5 Å². The average molecular weight is 762 g/mol. The second kappa shape index (κ2) is 15.2. The summed E-state index contributed by atoms with van der Waals surface area (Å²) in [4.78, 5) is 30.6. The first kappa shape index (κ1) is 35.8. The molecule has 15 heteroatoms. The number of pyridine rings is 1. The number of likely N-dealkylation sites (tertiary alicyclic amines) is 1. The SMILES string of the molecule is CCn1cncc1Cn1c(CN2CCC(c3cccc(OCc4ccc(Cl)cc4F)n3)CC2)nc2sc(C(=O)NS(=O)(=O)c3ccc(C)cc3)cc21. The molecule has 1 aliphatic heterocycles. The maximum atomic E-state index is 14.2. The van der Waals surface area contributed by atoms with E-state index in [9.17, 15) is 17.6 Å². The zero-order valence-electron chi connectivity index (χ0n) is 28.6. The van der Waals surface area contributed by atoms with Crippen LogP contribution in [0.3, 0.4) is 0 Å². The quantitative estimate of drug-likeness (QED) is 0.142. The van der Waals surface area contributed by atoms with Gasteiger partial charge in [-0.1, -0.05) is 41.4 Å². The van der Waals surface area contributed by atoms with Crippen molar-refractivity contribution in [1.29, 1.82) is 0 Å². The van der Waals surface area contributed by atoms with Gasteiger partial charge < -0.3 is 13.9 Å². The molecule has 0 unspecified atom stereocenters.